The van der Waals surface area contributed by atoms with Crippen molar-refractivity contribution in [2.75, 3.05) is 19.6 Å². The van der Waals surface area contributed by atoms with E-state index in [4.69, 9.17) is 5.26 Å². The number of nitrogens with one attached hydrogen (secondary N) is 1. The third kappa shape index (κ3) is 4.76. The molecule has 194 valence electrons. The van der Waals surface area contributed by atoms with Crippen LogP contribution in [0.5, 0.6) is 0 Å². The molecule has 1 N–H and O–H groups in total. The van der Waals surface area contributed by atoms with Gasteiger partial charge in [0, 0.05) is 24.7 Å². The number of rotatable bonds is 7. The van der Waals surface area contributed by atoms with Crippen molar-refractivity contribution >= 4 is 5.91 Å². The van der Waals surface area contributed by atoms with E-state index in [0.29, 0.717) is 24.1 Å². The van der Waals surface area contributed by atoms with Crippen LogP contribution in [0.25, 0.3) is 11.1 Å². The molecular weight excluding hydrogens is 466 g/mol. The summed E-state index contributed by atoms with van der Waals surface area (Å²) in [5.74, 6) is 1.55. The van der Waals surface area contributed by atoms with Gasteiger partial charge in [0.25, 0.3) is 5.91 Å². The third-order valence-corrected chi connectivity index (χ3v) is 9.58. The summed E-state index contributed by atoms with van der Waals surface area (Å²) in [6, 6.07) is 25.3. The Morgan fingerprint density at radius 1 is 1.05 bits per heavy atom. The van der Waals surface area contributed by atoms with Crippen LogP contribution in [-0.2, 0) is 18.3 Å². The van der Waals surface area contributed by atoms with Gasteiger partial charge in [-0.2, -0.15) is 5.26 Å². The van der Waals surface area contributed by atoms with Crippen LogP contribution < -0.4 is 5.32 Å². The van der Waals surface area contributed by atoms with Crippen LogP contribution in [0.3, 0.4) is 0 Å². The van der Waals surface area contributed by atoms with E-state index >= 15 is 0 Å². The van der Waals surface area contributed by atoms with Crippen LogP contribution >= 0.6 is 0 Å². The number of nitriles is 1. The standard InChI is InChI=1S/C34H37N3O/c1-23-32-20-29-13-14-30(19-31(29)34(23,2)16-18-37(32)22-26-3-4-26)33(38)36-17-15-24-5-9-27(10-6-24)28-11-7-25(21-35)8-12-28/h5-14,19,23,26,32H,3-4,15-18,20,22H2,1-2H3,(H,36,38). The number of fused-ring (bicyclic) bond motifs is 4. The molecule has 1 aliphatic heterocycles. The molecule has 1 amide bonds. The molecule has 2 aliphatic carbocycles. The molecule has 1 saturated heterocycles. The maximum Gasteiger partial charge on any atom is 0.251 e. The van der Waals surface area contributed by atoms with Crippen LogP contribution in [0.1, 0.15) is 65.7 Å². The number of carbonyl (C=O) groups excluding carboxylic acids is 1. The zero-order valence-electron chi connectivity index (χ0n) is 22.5. The van der Waals surface area contributed by atoms with Gasteiger partial charge in [-0.1, -0.05) is 56.3 Å². The average molecular weight is 504 g/mol. The molecule has 1 saturated carbocycles. The number of likely N-dealkylation sites (tertiary alicyclic amines) is 1. The van der Waals surface area contributed by atoms with Crippen LogP contribution in [-0.4, -0.2) is 36.5 Å². The lowest BCUT2D eigenvalue weighted by Crippen LogP contribution is -2.58. The van der Waals surface area contributed by atoms with Crippen molar-refractivity contribution in [2.45, 2.75) is 57.4 Å². The highest BCUT2D eigenvalue weighted by molar-refractivity contribution is 5.94. The van der Waals surface area contributed by atoms with Gasteiger partial charge < -0.3 is 5.32 Å². The number of hydrogen-bond acceptors (Lipinski definition) is 3. The lowest BCUT2D eigenvalue weighted by Gasteiger charge is -2.55. The minimum absolute atomic E-state index is 0.0200. The van der Waals surface area contributed by atoms with E-state index in [1.165, 1.54) is 49.0 Å². The Labute approximate surface area is 226 Å². The highest BCUT2D eigenvalue weighted by Gasteiger charge is 2.49. The summed E-state index contributed by atoms with van der Waals surface area (Å²) in [6.45, 7) is 7.94. The van der Waals surface area contributed by atoms with E-state index in [9.17, 15) is 4.79 Å². The van der Waals surface area contributed by atoms with Crippen molar-refractivity contribution in [3.8, 4) is 17.2 Å². The monoisotopic (exact) mass is 503 g/mol. The van der Waals surface area contributed by atoms with Gasteiger partial charge >= 0.3 is 0 Å². The van der Waals surface area contributed by atoms with Crippen molar-refractivity contribution in [1.82, 2.24) is 10.2 Å². The van der Waals surface area contributed by atoms with Gasteiger partial charge in [0.05, 0.1) is 11.6 Å². The quantitative estimate of drug-likeness (QED) is 0.422. The van der Waals surface area contributed by atoms with Gasteiger partial charge in [0.15, 0.2) is 0 Å². The molecule has 4 nitrogen and oxygen atoms in total. The first kappa shape index (κ1) is 24.9. The first-order valence-corrected chi connectivity index (χ1v) is 14.2. The minimum Gasteiger partial charge on any atom is -0.352 e. The first-order chi connectivity index (χ1) is 18.4. The highest BCUT2D eigenvalue weighted by atomic mass is 16.1. The fraction of sp³-hybridized carbons (Fsp3) is 0.412. The van der Waals surface area contributed by atoms with Crippen LogP contribution in [0.2, 0.25) is 0 Å². The second-order valence-corrected chi connectivity index (χ2v) is 11.9. The fourth-order valence-corrected chi connectivity index (χ4v) is 6.73. The van der Waals surface area contributed by atoms with Crippen molar-refractivity contribution in [3.63, 3.8) is 0 Å². The maximum atomic E-state index is 13.1. The Kier molecular flexibility index (Phi) is 6.58. The van der Waals surface area contributed by atoms with E-state index in [-0.39, 0.29) is 11.3 Å². The topological polar surface area (TPSA) is 56.1 Å². The molecule has 3 aliphatic rings. The van der Waals surface area contributed by atoms with Crippen molar-refractivity contribution < 1.29 is 4.79 Å². The molecule has 4 heteroatoms. The molecular formula is C34H37N3O. The van der Waals surface area contributed by atoms with E-state index in [1.807, 2.05) is 30.3 Å². The second kappa shape index (κ2) is 10.0. The molecule has 2 bridgehead atoms. The Hall–Kier alpha value is -3.42. The van der Waals surface area contributed by atoms with E-state index in [1.54, 1.807) is 0 Å². The van der Waals surface area contributed by atoms with E-state index in [2.05, 4.69) is 66.5 Å². The molecule has 3 unspecified atom stereocenters. The van der Waals surface area contributed by atoms with Gasteiger partial charge in [-0.05, 0) is 108 Å². The normalized spacial score (nSPS) is 24.3. The molecule has 0 radical (unpaired) electrons. The summed E-state index contributed by atoms with van der Waals surface area (Å²) >= 11 is 0. The average Bonchev–Trinajstić information content (AvgIpc) is 3.77. The number of nitrogens with zero attached hydrogens (tertiary/aromatic N) is 2. The molecule has 0 aromatic heterocycles. The predicted molar refractivity (Wildman–Crippen MR) is 152 cm³/mol. The highest BCUT2D eigenvalue weighted by Crippen LogP contribution is 2.49. The molecule has 1 heterocycles. The molecule has 0 spiro atoms. The molecule has 3 atom stereocenters. The van der Waals surface area contributed by atoms with Crippen LogP contribution in [0.15, 0.2) is 66.7 Å². The van der Waals surface area contributed by atoms with Crippen molar-refractivity contribution in [3.05, 3.63) is 94.5 Å². The third-order valence-electron chi connectivity index (χ3n) is 9.58. The second-order valence-electron chi connectivity index (χ2n) is 11.9. The lowest BCUT2D eigenvalue weighted by molar-refractivity contribution is 0.0284. The summed E-state index contributed by atoms with van der Waals surface area (Å²) in [7, 11) is 0. The number of amides is 1. The summed E-state index contributed by atoms with van der Waals surface area (Å²) in [5.41, 5.74) is 7.85. The Balaban J connectivity index is 1.08. The SMILES string of the molecule is CC1C2Cc3ccc(C(=O)NCCc4ccc(-c5ccc(C#N)cc5)cc4)cc3C1(C)CCN2CC1CC1. The molecule has 38 heavy (non-hydrogen) atoms. The maximum absolute atomic E-state index is 13.1. The van der Waals surface area contributed by atoms with Crippen LogP contribution in [0.4, 0.5) is 0 Å². The summed E-state index contributed by atoms with van der Waals surface area (Å²) in [6.07, 6.45) is 5.90. The number of hydrogen-bond donors (Lipinski definition) is 1. The Morgan fingerprint density at radius 2 is 1.76 bits per heavy atom. The van der Waals surface area contributed by atoms with E-state index in [0.717, 1.165) is 35.4 Å². The number of carbonyl (C=O) groups is 1. The fourth-order valence-electron chi connectivity index (χ4n) is 6.73. The predicted octanol–water partition coefficient (Wildman–Crippen LogP) is 6.13. The van der Waals surface area contributed by atoms with Gasteiger partial charge in [-0.15, -0.1) is 0 Å². The van der Waals surface area contributed by atoms with Gasteiger partial charge in [0.1, 0.15) is 0 Å². The molecule has 6 rings (SSSR count). The number of benzene rings is 3. The number of piperidine rings is 1. The molecule has 3 aromatic carbocycles. The Morgan fingerprint density at radius 3 is 2.45 bits per heavy atom. The van der Waals surface area contributed by atoms with Crippen molar-refractivity contribution in [1.29, 1.82) is 5.26 Å². The first-order valence-electron chi connectivity index (χ1n) is 14.2. The zero-order chi connectivity index (χ0) is 26.3. The van der Waals surface area contributed by atoms with E-state index < -0.39 is 0 Å². The van der Waals surface area contributed by atoms with Gasteiger partial charge in [-0.25, -0.2) is 0 Å². The smallest absolute Gasteiger partial charge is 0.251 e. The van der Waals surface area contributed by atoms with Crippen molar-refractivity contribution in [2.24, 2.45) is 11.8 Å². The minimum atomic E-state index is 0.0200. The Bertz CT molecular complexity index is 1370. The van der Waals surface area contributed by atoms with Crippen LogP contribution in [0, 0.1) is 23.2 Å². The summed E-state index contributed by atoms with van der Waals surface area (Å²) in [4.78, 5) is 15.9. The summed E-state index contributed by atoms with van der Waals surface area (Å²) < 4.78 is 0. The lowest BCUT2D eigenvalue weighted by atomic mass is 9.59. The molecule has 3 aromatic rings. The van der Waals surface area contributed by atoms with Gasteiger partial charge in [0.2, 0.25) is 0 Å². The molecule has 2 fully saturated rings. The van der Waals surface area contributed by atoms with Gasteiger partial charge in [-0.3, -0.25) is 9.69 Å². The summed E-state index contributed by atoms with van der Waals surface area (Å²) in [5, 5.41) is 12.1. The largest absolute Gasteiger partial charge is 0.352 e. The zero-order valence-corrected chi connectivity index (χ0v) is 22.5.